The monoisotopic (exact) mass is 249 g/mol. The van der Waals surface area contributed by atoms with E-state index in [-0.39, 0.29) is 0 Å². The summed E-state index contributed by atoms with van der Waals surface area (Å²) in [6.07, 6.45) is 4.86. The topological polar surface area (TPSA) is 71.9 Å². The summed E-state index contributed by atoms with van der Waals surface area (Å²) in [7, 11) is 1.61. The Morgan fingerprint density at radius 3 is 2.56 bits per heavy atom. The van der Waals surface area contributed by atoms with Crippen LogP contribution in [-0.2, 0) is 15.8 Å². The van der Waals surface area contributed by atoms with Gasteiger partial charge in [-0.3, -0.25) is 0 Å². The molecule has 0 bridgehead atoms. The molecule has 0 amide bonds. The van der Waals surface area contributed by atoms with Gasteiger partial charge in [0.1, 0.15) is 11.0 Å². The smallest absolute Gasteiger partial charge is 0.247 e. The lowest BCUT2D eigenvalue weighted by Crippen LogP contribution is -2.28. The number of rotatable bonds is 3. The molecule has 98 valence electrons. The normalized spacial score (nSPS) is 19.4. The molecule has 1 saturated carbocycles. The summed E-state index contributed by atoms with van der Waals surface area (Å²) >= 11 is 0. The first-order valence-corrected chi connectivity index (χ1v) is 6.35. The number of methoxy groups -OCH3 is 1. The van der Waals surface area contributed by atoms with E-state index in [1.165, 1.54) is 6.42 Å². The lowest BCUT2D eigenvalue weighted by Gasteiger charge is -2.26. The van der Waals surface area contributed by atoms with Gasteiger partial charge in [-0.2, -0.15) is 10.2 Å². The van der Waals surface area contributed by atoms with E-state index in [1.54, 1.807) is 7.11 Å². The minimum Gasteiger partial charge on any atom is -0.371 e. The van der Waals surface area contributed by atoms with E-state index in [4.69, 9.17) is 9.26 Å². The Hall–Kier alpha value is -1.41. The van der Waals surface area contributed by atoms with Gasteiger partial charge in [0, 0.05) is 7.11 Å². The van der Waals surface area contributed by atoms with Crippen molar-refractivity contribution in [1.29, 1.82) is 5.26 Å². The fraction of sp³-hybridized carbons (Fsp3) is 0.769. The van der Waals surface area contributed by atoms with Crippen LogP contribution in [0.3, 0.4) is 0 Å². The highest BCUT2D eigenvalue weighted by molar-refractivity contribution is 5.20. The molecule has 5 heteroatoms. The second-order valence-electron chi connectivity index (χ2n) is 5.39. The van der Waals surface area contributed by atoms with Crippen LogP contribution in [0.25, 0.3) is 0 Å². The van der Waals surface area contributed by atoms with Crippen LogP contribution in [0.2, 0.25) is 0 Å². The van der Waals surface area contributed by atoms with E-state index in [0.717, 1.165) is 25.7 Å². The predicted octanol–water partition coefficient (Wildman–Crippen LogP) is 2.68. The summed E-state index contributed by atoms with van der Waals surface area (Å²) in [5.41, 5.74) is -1.18. The Kier molecular flexibility index (Phi) is 3.40. The molecule has 0 radical (unpaired) electrons. The van der Waals surface area contributed by atoms with Crippen LogP contribution in [0.4, 0.5) is 0 Å². The molecular formula is C13H19N3O2. The van der Waals surface area contributed by atoms with Gasteiger partial charge in [-0.05, 0) is 26.7 Å². The van der Waals surface area contributed by atoms with Gasteiger partial charge in [0.05, 0.1) is 6.07 Å². The van der Waals surface area contributed by atoms with E-state index in [0.29, 0.717) is 11.7 Å². The molecule has 1 aromatic rings. The van der Waals surface area contributed by atoms with Gasteiger partial charge in [0.15, 0.2) is 0 Å². The molecule has 0 aliphatic heterocycles. The molecule has 0 N–H and O–H groups in total. The molecule has 1 heterocycles. The van der Waals surface area contributed by atoms with Crippen molar-refractivity contribution in [2.45, 2.75) is 57.0 Å². The maximum atomic E-state index is 9.46. The Labute approximate surface area is 107 Å². The van der Waals surface area contributed by atoms with E-state index in [9.17, 15) is 5.26 Å². The number of ether oxygens (including phenoxy) is 1. The summed E-state index contributed by atoms with van der Waals surface area (Å²) in [6, 6.07) is 2.38. The molecule has 1 fully saturated rings. The molecule has 0 aromatic carbocycles. The van der Waals surface area contributed by atoms with Gasteiger partial charge in [-0.1, -0.05) is 24.4 Å². The Morgan fingerprint density at radius 2 is 2.00 bits per heavy atom. The minimum atomic E-state index is -0.590. The van der Waals surface area contributed by atoms with Crippen LogP contribution in [0.1, 0.15) is 57.7 Å². The Bertz CT molecular complexity index is 453. The Morgan fingerprint density at radius 1 is 1.33 bits per heavy atom. The van der Waals surface area contributed by atoms with Crippen molar-refractivity contribution in [2.75, 3.05) is 7.11 Å². The Balaban J connectivity index is 2.31. The third kappa shape index (κ3) is 2.13. The molecule has 1 aromatic heterocycles. The molecule has 0 unspecified atom stereocenters. The largest absolute Gasteiger partial charge is 0.371 e. The first-order chi connectivity index (χ1) is 8.54. The summed E-state index contributed by atoms with van der Waals surface area (Å²) in [5.74, 6) is 0.949. The molecule has 18 heavy (non-hydrogen) atoms. The van der Waals surface area contributed by atoms with Crippen molar-refractivity contribution in [3.8, 4) is 6.07 Å². The zero-order chi connectivity index (χ0) is 13.2. The standard InChI is InChI=1S/C13H19N3O2/c1-12(2,17-3)10-15-11(18-16-10)13(9-14)7-5-4-6-8-13/h4-8H2,1-3H3. The number of nitriles is 1. The van der Waals surface area contributed by atoms with Crippen molar-refractivity contribution in [3.05, 3.63) is 11.7 Å². The van der Waals surface area contributed by atoms with Crippen LogP contribution in [0, 0.1) is 11.3 Å². The van der Waals surface area contributed by atoms with Gasteiger partial charge < -0.3 is 9.26 Å². The molecule has 1 aliphatic carbocycles. The number of aromatic nitrogens is 2. The van der Waals surface area contributed by atoms with Crippen LogP contribution in [0.5, 0.6) is 0 Å². The summed E-state index contributed by atoms with van der Waals surface area (Å²) in [4.78, 5) is 4.39. The van der Waals surface area contributed by atoms with Crippen LogP contribution < -0.4 is 0 Å². The van der Waals surface area contributed by atoms with Crippen molar-refractivity contribution in [1.82, 2.24) is 10.1 Å². The van der Waals surface area contributed by atoms with Crippen LogP contribution in [0.15, 0.2) is 4.52 Å². The third-order valence-electron chi connectivity index (χ3n) is 3.81. The van der Waals surface area contributed by atoms with Crippen LogP contribution >= 0.6 is 0 Å². The molecule has 0 spiro atoms. The number of nitrogens with zero attached hydrogens (tertiary/aromatic N) is 3. The minimum absolute atomic E-state index is 0.449. The fourth-order valence-corrected chi connectivity index (χ4v) is 2.28. The highest BCUT2D eigenvalue weighted by atomic mass is 16.5. The SMILES string of the molecule is COC(C)(C)c1noc(C2(C#N)CCCCC2)n1. The van der Waals surface area contributed by atoms with E-state index in [2.05, 4.69) is 16.2 Å². The average Bonchev–Trinajstić information content (AvgIpc) is 2.90. The maximum absolute atomic E-state index is 9.46. The summed E-state index contributed by atoms with van der Waals surface area (Å²) in [5, 5.41) is 13.4. The van der Waals surface area contributed by atoms with Crippen LogP contribution in [-0.4, -0.2) is 17.3 Å². The molecular weight excluding hydrogens is 230 g/mol. The third-order valence-corrected chi connectivity index (χ3v) is 3.81. The van der Waals surface area contributed by atoms with Crippen molar-refractivity contribution >= 4 is 0 Å². The summed E-state index contributed by atoms with van der Waals surface area (Å²) in [6.45, 7) is 3.75. The lowest BCUT2D eigenvalue weighted by molar-refractivity contribution is 0.00973. The summed E-state index contributed by atoms with van der Waals surface area (Å²) < 4.78 is 10.6. The number of hydrogen-bond acceptors (Lipinski definition) is 5. The highest BCUT2D eigenvalue weighted by Crippen LogP contribution is 2.38. The molecule has 0 saturated heterocycles. The second kappa shape index (κ2) is 4.69. The zero-order valence-electron chi connectivity index (χ0n) is 11.2. The fourth-order valence-electron chi connectivity index (χ4n) is 2.28. The molecule has 5 nitrogen and oxygen atoms in total. The lowest BCUT2D eigenvalue weighted by atomic mass is 9.75. The van der Waals surface area contributed by atoms with Gasteiger partial charge in [-0.25, -0.2) is 0 Å². The van der Waals surface area contributed by atoms with Crippen molar-refractivity contribution in [2.24, 2.45) is 0 Å². The number of hydrogen-bond donors (Lipinski definition) is 0. The van der Waals surface area contributed by atoms with Gasteiger partial charge in [0.2, 0.25) is 11.7 Å². The van der Waals surface area contributed by atoms with Crippen molar-refractivity contribution in [3.63, 3.8) is 0 Å². The maximum Gasteiger partial charge on any atom is 0.247 e. The predicted molar refractivity (Wildman–Crippen MR) is 64.7 cm³/mol. The average molecular weight is 249 g/mol. The van der Waals surface area contributed by atoms with E-state index in [1.807, 2.05) is 13.8 Å². The zero-order valence-corrected chi connectivity index (χ0v) is 11.2. The van der Waals surface area contributed by atoms with Gasteiger partial charge in [0.25, 0.3) is 0 Å². The molecule has 0 atom stereocenters. The second-order valence-corrected chi connectivity index (χ2v) is 5.39. The van der Waals surface area contributed by atoms with Gasteiger partial charge in [-0.15, -0.1) is 0 Å². The first-order valence-electron chi connectivity index (χ1n) is 6.35. The van der Waals surface area contributed by atoms with E-state index >= 15 is 0 Å². The highest BCUT2D eigenvalue weighted by Gasteiger charge is 2.41. The van der Waals surface area contributed by atoms with Crippen molar-refractivity contribution < 1.29 is 9.26 Å². The molecule has 2 rings (SSSR count). The first kappa shape index (κ1) is 13.0. The van der Waals surface area contributed by atoms with Gasteiger partial charge >= 0.3 is 0 Å². The molecule has 1 aliphatic rings. The quantitative estimate of drug-likeness (QED) is 0.823. The van der Waals surface area contributed by atoms with E-state index < -0.39 is 11.0 Å².